The predicted molar refractivity (Wildman–Crippen MR) is 72.6 cm³/mol. The van der Waals surface area contributed by atoms with Crippen molar-refractivity contribution in [2.45, 2.75) is 32.7 Å². The van der Waals surface area contributed by atoms with E-state index in [1.807, 2.05) is 6.92 Å². The second-order valence-electron chi connectivity index (χ2n) is 4.95. The fourth-order valence-electron chi connectivity index (χ4n) is 2.26. The number of pyridine rings is 1. The highest BCUT2D eigenvalue weighted by Crippen LogP contribution is 2.20. The molecule has 0 aliphatic carbocycles. The van der Waals surface area contributed by atoms with E-state index in [0.29, 0.717) is 11.7 Å². The lowest BCUT2D eigenvalue weighted by atomic mass is 10.0. The van der Waals surface area contributed by atoms with Crippen LogP contribution in [0.3, 0.4) is 0 Å². The van der Waals surface area contributed by atoms with E-state index >= 15 is 0 Å². The van der Waals surface area contributed by atoms with E-state index in [-0.39, 0.29) is 11.6 Å². The lowest BCUT2D eigenvalue weighted by Crippen LogP contribution is -2.26. The maximum absolute atomic E-state index is 11.1. The maximum Gasteiger partial charge on any atom is 0.335 e. The summed E-state index contributed by atoms with van der Waals surface area (Å²) < 4.78 is 5.37. The second-order valence-corrected chi connectivity index (χ2v) is 4.95. The number of carboxylic acid groups (broad SMARTS) is 1. The van der Waals surface area contributed by atoms with Crippen LogP contribution in [0.5, 0.6) is 0 Å². The van der Waals surface area contributed by atoms with Crippen molar-refractivity contribution < 1.29 is 14.6 Å². The molecule has 2 N–H and O–H groups in total. The Balaban J connectivity index is 2.14. The maximum atomic E-state index is 11.1. The lowest BCUT2D eigenvalue weighted by molar-refractivity contribution is 0.0696. The van der Waals surface area contributed by atoms with E-state index in [1.54, 1.807) is 12.1 Å². The van der Waals surface area contributed by atoms with Gasteiger partial charge in [0.25, 0.3) is 0 Å². The summed E-state index contributed by atoms with van der Waals surface area (Å²) in [5.74, 6) is 0.175. The second kappa shape index (κ2) is 6.02. The van der Waals surface area contributed by atoms with Crippen LogP contribution >= 0.6 is 0 Å². The Hall–Kier alpha value is -1.62. The lowest BCUT2D eigenvalue weighted by Gasteiger charge is -2.20. The average molecular weight is 264 g/mol. The molecular weight excluding hydrogens is 244 g/mol. The molecule has 1 aliphatic heterocycles. The minimum atomic E-state index is -0.919. The smallest absolute Gasteiger partial charge is 0.335 e. The fourth-order valence-corrected chi connectivity index (χ4v) is 2.26. The Morgan fingerprint density at radius 1 is 1.63 bits per heavy atom. The summed E-state index contributed by atoms with van der Waals surface area (Å²) in [5.41, 5.74) is 1.07. The zero-order chi connectivity index (χ0) is 13.8. The number of hydrogen-bond acceptors (Lipinski definition) is 4. The van der Waals surface area contributed by atoms with E-state index in [0.717, 1.165) is 31.7 Å². The average Bonchev–Trinajstić information content (AvgIpc) is 2.92. The molecule has 0 radical (unpaired) electrons. The van der Waals surface area contributed by atoms with Crippen LogP contribution in [0.25, 0.3) is 0 Å². The van der Waals surface area contributed by atoms with E-state index in [2.05, 4.69) is 17.2 Å². The van der Waals surface area contributed by atoms with Crippen LogP contribution < -0.4 is 5.32 Å². The van der Waals surface area contributed by atoms with Gasteiger partial charge in [-0.25, -0.2) is 9.78 Å². The molecule has 1 aliphatic rings. The number of aryl methyl sites for hydroxylation is 1. The van der Waals surface area contributed by atoms with Crippen LogP contribution in [0.4, 0.5) is 5.82 Å². The van der Waals surface area contributed by atoms with Gasteiger partial charge in [-0.2, -0.15) is 0 Å². The third-order valence-electron chi connectivity index (χ3n) is 3.54. The van der Waals surface area contributed by atoms with E-state index in [4.69, 9.17) is 9.84 Å². The van der Waals surface area contributed by atoms with Gasteiger partial charge in [-0.15, -0.1) is 0 Å². The van der Waals surface area contributed by atoms with Crippen LogP contribution in [0.2, 0.25) is 0 Å². The molecule has 19 heavy (non-hydrogen) atoms. The Bertz CT molecular complexity index is 456. The molecular formula is C14H20N2O3. The van der Waals surface area contributed by atoms with Crippen molar-refractivity contribution in [3.05, 3.63) is 23.4 Å². The van der Waals surface area contributed by atoms with Gasteiger partial charge in [0.2, 0.25) is 0 Å². The Kier molecular flexibility index (Phi) is 4.37. The van der Waals surface area contributed by atoms with Gasteiger partial charge in [0.1, 0.15) is 5.82 Å². The first kappa shape index (κ1) is 13.8. The molecule has 2 heterocycles. The highest BCUT2D eigenvalue weighted by atomic mass is 16.5. The Labute approximate surface area is 113 Å². The summed E-state index contributed by atoms with van der Waals surface area (Å²) in [6.45, 7) is 5.61. The molecule has 0 aromatic carbocycles. The van der Waals surface area contributed by atoms with Gasteiger partial charge < -0.3 is 15.2 Å². The number of nitrogens with zero attached hydrogens (tertiary/aromatic N) is 1. The standard InChI is InChI=1S/C14H20N2O3/c1-3-12-6-11(14(17)18)7-13(16-12)15-9(2)10-4-5-19-8-10/h6-7,9-10H,3-5,8H2,1-2H3,(H,15,16)(H,17,18). The van der Waals surface area contributed by atoms with Crippen LogP contribution in [0.15, 0.2) is 12.1 Å². The molecule has 0 bridgehead atoms. The van der Waals surface area contributed by atoms with Gasteiger partial charge in [-0.05, 0) is 31.9 Å². The number of nitrogens with one attached hydrogen (secondary N) is 1. The first-order valence-electron chi connectivity index (χ1n) is 6.68. The predicted octanol–water partition coefficient (Wildman–Crippen LogP) is 2.18. The van der Waals surface area contributed by atoms with Crippen molar-refractivity contribution in [2.75, 3.05) is 18.5 Å². The summed E-state index contributed by atoms with van der Waals surface area (Å²) in [6.07, 6.45) is 1.75. The Morgan fingerprint density at radius 3 is 3.00 bits per heavy atom. The SMILES string of the molecule is CCc1cc(C(=O)O)cc(NC(C)C2CCOC2)n1. The highest BCUT2D eigenvalue weighted by molar-refractivity contribution is 5.88. The first-order valence-corrected chi connectivity index (χ1v) is 6.68. The summed E-state index contributed by atoms with van der Waals surface area (Å²) in [5, 5.41) is 12.4. The number of ether oxygens (including phenoxy) is 1. The normalized spacial score (nSPS) is 20.2. The monoisotopic (exact) mass is 264 g/mol. The minimum absolute atomic E-state index is 0.226. The molecule has 1 aromatic rings. The zero-order valence-corrected chi connectivity index (χ0v) is 11.3. The topological polar surface area (TPSA) is 71.5 Å². The van der Waals surface area contributed by atoms with Crippen molar-refractivity contribution in [1.29, 1.82) is 0 Å². The number of hydrogen-bond donors (Lipinski definition) is 2. The summed E-state index contributed by atoms with van der Waals surface area (Å²) in [4.78, 5) is 15.5. The van der Waals surface area contributed by atoms with Crippen molar-refractivity contribution in [1.82, 2.24) is 4.98 Å². The quantitative estimate of drug-likeness (QED) is 0.853. The van der Waals surface area contributed by atoms with Gasteiger partial charge >= 0.3 is 5.97 Å². The largest absolute Gasteiger partial charge is 0.478 e. The third kappa shape index (κ3) is 3.44. The molecule has 5 nitrogen and oxygen atoms in total. The molecule has 2 unspecified atom stereocenters. The summed E-state index contributed by atoms with van der Waals surface area (Å²) in [6, 6.07) is 3.44. The molecule has 2 atom stereocenters. The molecule has 5 heteroatoms. The number of carbonyl (C=O) groups is 1. The molecule has 1 fully saturated rings. The minimum Gasteiger partial charge on any atom is -0.478 e. The van der Waals surface area contributed by atoms with E-state index in [1.165, 1.54) is 0 Å². The molecule has 1 saturated heterocycles. The van der Waals surface area contributed by atoms with Crippen molar-refractivity contribution in [3.63, 3.8) is 0 Å². The molecule has 0 amide bonds. The van der Waals surface area contributed by atoms with Gasteiger partial charge in [-0.1, -0.05) is 6.92 Å². The van der Waals surface area contributed by atoms with Gasteiger partial charge in [0.05, 0.1) is 12.2 Å². The van der Waals surface area contributed by atoms with Crippen LogP contribution in [-0.4, -0.2) is 35.3 Å². The molecule has 104 valence electrons. The van der Waals surface area contributed by atoms with E-state index in [9.17, 15) is 4.79 Å². The Morgan fingerprint density at radius 2 is 2.42 bits per heavy atom. The van der Waals surface area contributed by atoms with E-state index < -0.39 is 5.97 Å². The van der Waals surface area contributed by atoms with Crippen LogP contribution in [-0.2, 0) is 11.2 Å². The van der Waals surface area contributed by atoms with Crippen molar-refractivity contribution in [3.8, 4) is 0 Å². The van der Waals surface area contributed by atoms with Gasteiger partial charge in [0.15, 0.2) is 0 Å². The number of carboxylic acids is 1. The van der Waals surface area contributed by atoms with Crippen LogP contribution in [0.1, 0.15) is 36.3 Å². The summed E-state index contributed by atoms with van der Waals surface area (Å²) >= 11 is 0. The van der Waals surface area contributed by atoms with Crippen molar-refractivity contribution in [2.24, 2.45) is 5.92 Å². The first-order chi connectivity index (χ1) is 9.10. The van der Waals surface area contributed by atoms with Gasteiger partial charge in [0, 0.05) is 24.3 Å². The molecule has 2 rings (SSSR count). The molecule has 0 spiro atoms. The number of anilines is 1. The number of aromatic carboxylic acids is 1. The molecule has 1 aromatic heterocycles. The third-order valence-corrected chi connectivity index (χ3v) is 3.54. The number of rotatable bonds is 5. The number of aromatic nitrogens is 1. The van der Waals surface area contributed by atoms with Crippen molar-refractivity contribution >= 4 is 11.8 Å². The molecule has 0 saturated carbocycles. The van der Waals surface area contributed by atoms with Gasteiger partial charge in [-0.3, -0.25) is 0 Å². The highest BCUT2D eigenvalue weighted by Gasteiger charge is 2.22. The zero-order valence-electron chi connectivity index (χ0n) is 11.3. The van der Waals surface area contributed by atoms with Crippen LogP contribution in [0, 0.1) is 5.92 Å². The summed E-state index contributed by atoms with van der Waals surface area (Å²) in [7, 11) is 0. The fraction of sp³-hybridized carbons (Fsp3) is 0.571.